The van der Waals surface area contributed by atoms with Crippen LogP contribution in [0.5, 0.6) is 0 Å². The van der Waals surface area contributed by atoms with Gasteiger partial charge in [0, 0.05) is 17.3 Å². The molecule has 1 aliphatic heterocycles. The maximum Gasteiger partial charge on any atom is 0.322 e. The minimum atomic E-state index is -0.0528. The number of benzene rings is 2. The Hall–Kier alpha value is -2.00. The van der Waals surface area contributed by atoms with Gasteiger partial charge in [-0.15, -0.1) is 0 Å². The Morgan fingerprint density at radius 3 is 2.52 bits per heavy atom. The lowest BCUT2D eigenvalue weighted by molar-refractivity contribution is 0.189. The Morgan fingerprint density at radius 1 is 1.00 bits per heavy atom. The first kappa shape index (κ1) is 15.9. The molecule has 3 rings (SSSR count). The average molecular weight is 329 g/mol. The van der Waals surface area contributed by atoms with E-state index in [0.717, 1.165) is 48.5 Å². The Labute approximate surface area is 142 Å². The molecule has 0 aromatic heterocycles. The monoisotopic (exact) mass is 328 g/mol. The molecule has 1 saturated heterocycles. The van der Waals surface area contributed by atoms with Crippen LogP contribution in [0.2, 0.25) is 5.02 Å². The summed E-state index contributed by atoms with van der Waals surface area (Å²) in [5, 5.41) is 3.74. The van der Waals surface area contributed by atoms with E-state index >= 15 is 0 Å². The molecule has 1 heterocycles. The third-order valence-electron chi connectivity index (χ3n) is 4.30. The summed E-state index contributed by atoms with van der Waals surface area (Å²) in [7, 11) is 0. The van der Waals surface area contributed by atoms with Crippen molar-refractivity contribution in [3.63, 3.8) is 0 Å². The number of anilines is 1. The van der Waals surface area contributed by atoms with Gasteiger partial charge in [0.1, 0.15) is 0 Å². The smallest absolute Gasteiger partial charge is 0.317 e. The zero-order valence-corrected chi connectivity index (χ0v) is 13.8. The molecule has 2 aromatic rings. The van der Waals surface area contributed by atoms with Crippen molar-refractivity contribution >= 4 is 23.3 Å². The lowest BCUT2D eigenvalue weighted by Gasteiger charge is -2.31. The van der Waals surface area contributed by atoms with Crippen LogP contribution < -0.4 is 5.32 Å². The van der Waals surface area contributed by atoms with Crippen LogP contribution in [0.1, 0.15) is 37.3 Å². The first-order chi connectivity index (χ1) is 11.3. The third kappa shape index (κ3) is 3.85. The number of urea groups is 1. The van der Waals surface area contributed by atoms with E-state index in [2.05, 4.69) is 5.32 Å². The SMILES string of the molecule is O=C(Nc1ccccc1)N1CCCCC[C@@H]1c1ccccc1Cl. The quantitative estimate of drug-likeness (QED) is 0.776. The zero-order valence-electron chi connectivity index (χ0n) is 13.0. The molecule has 3 nitrogen and oxygen atoms in total. The van der Waals surface area contributed by atoms with Crippen LogP contribution >= 0.6 is 11.6 Å². The van der Waals surface area contributed by atoms with Gasteiger partial charge >= 0.3 is 6.03 Å². The van der Waals surface area contributed by atoms with Crippen LogP contribution in [-0.2, 0) is 0 Å². The van der Waals surface area contributed by atoms with Gasteiger partial charge < -0.3 is 10.2 Å². The molecule has 0 bridgehead atoms. The van der Waals surface area contributed by atoms with E-state index in [4.69, 9.17) is 11.6 Å². The van der Waals surface area contributed by atoms with Crippen molar-refractivity contribution in [2.75, 3.05) is 11.9 Å². The summed E-state index contributed by atoms with van der Waals surface area (Å²) in [6, 6.07) is 17.4. The van der Waals surface area contributed by atoms with Crippen molar-refractivity contribution in [2.45, 2.75) is 31.7 Å². The van der Waals surface area contributed by atoms with Gasteiger partial charge in [-0.1, -0.05) is 60.8 Å². The first-order valence-electron chi connectivity index (χ1n) is 8.13. The largest absolute Gasteiger partial charge is 0.322 e. The topological polar surface area (TPSA) is 32.3 Å². The van der Waals surface area contributed by atoms with Crippen LogP contribution in [0, 0.1) is 0 Å². The van der Waals surface area contributed by atoms with Crippen LogP contribution in [0.3, 0.4) is 0 Å². The molecule has 1 atom stereocenters. The van der Waals surface area contributed by atoms with Crippen LogP contribution in [0.25, 0.3) is 0 Å². The number of carbonyl (C=O) groups is 1. The summed E-state index contributed by atoms with van der Waals surface area (Å²) in [5.74, 6) is 0. The number of rotatable bonds is 2. The summed E-state index contributed by atoms with van der Waals surface area (Å²) in [6.45, 7) is 0.758. The van der Waals surface area contributed by atoms with Crippen LogP contribution in [0.4, 0.5) is 10.5 Å². The van der Waals surface area contributed by atoms with E-state index in [1.54, 1.807) is 0 Å². The fourth-order valence-corrected chi connectivity index (χ4v) is 3.40. The molecule has 0 unspecified atom stereocenters. The van der Waals surface area contributed by atoms with Crippen LogP contribution in [-0.4, -0.2) is 17.5 Å². The second-order valence-corrected chi connectivity index (χ2v) is 6.28. The Balaban J connectivity index is 1.84. The number of hydrogen-bond acceptors (Lipinski definition) is 1. The highest BCUT2D eigenvalue weighted by molar-refractivity contribution is 6.31. The number of amides is 2. The predicted molar refractivity (Wildman–Crippen MR) is 94.8 cm³/mol. The van der Waals surface area contributed by atoms with Crippen molar-refractivity contribution in [2.24, 2.45) is 0 Å². The normalized spacial score (nSPS) is 18.3. The number of para-hydroxylation sites is 1. The predicted octanol–water partition coefficient (Wildman–Crippen LogP) is 5.49. The summed E-state index contributed by atoms with van der Waals surface area (Å²) in [5.41, 5.74) is 1.86. The fraction of sp³-hybridized carbons (Fsp3) is 0.316. The lowest BCUT2D eigenvalue weighted by atomic mass is 10.0. The van der Waals surface area contributed by atoms with Gasteiger partial charge in [0.2, 0.25) is 0 Å². The lowest BCUT2D eigenvalue weighted by Crippen LogP contribution is -2.38. The van der Waals surface area contributed by atoms with E-state index in [9.17, 15) is 4.79 Å². The van der Waals surface area contributed by atoms with Crippen LogP contribution in [0.15, 0.2) is 54.6 Å². The summed E-state index contributed by atoms with van der Waals surface area (Å²) in [4.78, 5) is 14.7. The molecule has 0 spiro atoms. The average Bonchev–Trinajstić information content (AvgIpc) is 2.82. The van der Waals surface area contributed by atoms with Crippen molar-refractivity contribution in [3.8, 4) is 0 Å². The summed E-state index contributed by atoms with van der Waals surface area (Å²) >= 11 is 6.38. The number of nitrogens with one attached hydrogen (secondary N) is 1. The van der Waals surface area contributed by atoms with Crippen molar-refractivity contribution in [3.05, 3.63) is 65.2 Å². The molecule has 120 valence electrons. The number of hydrogen-bond donors (Lipinski definition) is 1. The molecule has 1 fully saturated rings. The van der Waals surface area contributed by atoms with E-state index < -0.39 is 0 Å². The molecule has 1 aliphatic rings. The third-order valence-corrected chi connectivity index (χ3v) is 4.65. The minimum Gasteiger partial charge on any atom is -0.317 e. The molecule has 2 aromatic carbocycles. The molecular formula is C19H21ClN2O. The van der Waals surface area contributed by atoms with Gasteiger partial charge in [-0.05, 0) is 36.6 Å². The zero-order chi connectivity index (χ0) is 16.1. The van der Waals surface area contributed by atoms with Crippen molar-refractivity contribution in [1.82, 2.24) is 4.90 Å². The van der Waals surface area contributed by atoms with Crippen molar-refractivity contribution < 1.29 is 4.79 Å². The molecule has 0 saturated carbocycles. The van der Waals surface area contributed by atoms with E-state index in [0.29, 0.717) is 0 Å². The van der Waals surface area contributed by atoms with Gasteiger partial charge in [-0.3, -0.25) is 0 Å². The highest BCUT2D eigenvalue weighted by Gasteiger charge is 2.28. The van der Waals surface area contributed by atoms with Gasteiger partial charge in [0.05, 0.1) is 6.04 Å². The molecular weight excluding hydrogens is 308 g/mol. The Kier molecular flexibility index (Phi) is 5.19. The second kappa shape index (κ2) is 7.51. The Morgan fingerprint density at radius 2 is 1.74 bits per heavy atom. The van der Waals surface area contributed by atoms with Crippen molar-refractivity contribution in [1.29, 1.82) is 0 Å². The molecule has 4 heteroatoms. The maximum absolute atomic E-state index is 12.8. The molecule has 23 heavy (non-hydrogen) atoms. The van der Waals surface area contributed by atoms with E-state index in [1.165, 1.54) is 0 Å². The number of likely N-dealkylation sites (tertiary alicyclic amines) is 1. The van der Waals surface area contributed by atoms with E-state index in [1.807, 2.05) is 59.5 Å². The number of carbonyl (C=O) groups excluding carboxylic acids is 1. The molecule has 0 aliphatic carbocycles. The van der Waals surface area contributed by atoms with E-state index in [-0.39, 0.29) is 12.1 Å². The Bertz CT molecular complexity index is 659. The van der Waals surface area contributed by atoms with Gasteiger partial charge in [0.15, 0.2) is 0 Å². The standard InChI is InChI=1S/C19H21ClN2O/c20-17-12-7-6-11-16(17)18-13-5-2-8-14-22(18)19(23)21-15-9-3-1-4-10-15/h1,3-4,6-7,9-12,18H,2,5,8,13-14H2,(H,21,23)/t18-/m1/s1. The minimum absolute atomic E-state index is 0.0370. The first-order valence-corrected chi connectivity index (χ1v) is 8.50. The highest BCUT2D eigenvalue weighted by atomic mass is 35.5. The van der Waals surface area contributed by atoms with Gasteiger partial charge in [0.25, 0.3) is 0 Å². The molecule has 1 N–H and O–H groups in total. The maximum atomic E-state index is 12.8. The van der Waals surface area contributed by atoms with Gasteiger partial charge in [-0.2, -0.15) is 0 Å². The number of nitrogens with zero attached hydrogens (tertiary/aromatic N) is 1. The molecule has 2 amide bonds. The summed E-state index contributed by atoms with van der Waals surface area (Å²) in [6.07, 6.45) is 4.25. The fourth-order valence-electron chi connectivity index (χ4n) is 3.14. The second-order valence-electron chi connectivity index (χ2n) is 5.88. The highest BCUT2D eigenvalue weighted by Crippen LogP contribution is 2.34. The van der Waals surface area contributed by atoms with Gasteiger partial charge in [-0.25, -0.2) is 4.79 Å². The summed E-state index contributed by atoms with van der Waals surface area (Å²) < 4.78 is 0. The molecule has 0 radical (unpaired) electrons. The number of halogens is 1.